The molecule has 0 saturated carbocycles. The molecule has 0 heterocycles. The SMILES string of the molecule is COc1ccc(OC)c(C(NN)c2cccc(Cl)c2F)c1. The van der Waals surface area contributed by atoms with Crippen LogP contribution in [0.25, 0.3) is 0 Å². The quantitative estimate of drug-likeness (QED) is 0.658. The van der Waals surface area contributed by atoms with Gasteiger partial charge in [0.05, 0.1) is 25.3 Å². The minimum atomic E-state index is -0.617. The van der Waals surface area contributed by atoms with Crippen LogP contribution in [0.1, 0.15) is 17.2 Å². The zero-order valence-corrected chi connectivity index (χ0v) is 12.4. The van der Waals surface area contributed by atoms with Crippen LogP contribution in [0.2, 0.25) is 5.02 Å². The molecule has 2 aromatic rings. The Labute approximate surface area is 127 Å². The van der Waals surface area contributed by atoms with Gasteiger partial charge in [0.25, 0.3) is 0 Å². The summed E-state index contributed by atoms with van der Waals surface area (Å²) in [5, 5.41) is 0.0367. The van der Waals surface area contributed by atoms with Crippen molar-refractivity contribution in [2.75, 3.05) is 14.2 Å². The number of nitrogens with two attached hydrogens (primary N) is 1. The molecule has 112 valence electrons. The van der Waals surface area contributed by atoms with E-state index in [1.54, 1.807) is 37.4 Å². The van der Waals surface area contributed by atoms with E-state index in [0.717, 1.165) is 0 Å². The Kier molecular flexibility index (Phi) is 5.01. The van der Waals surface area contributed by atoms with Crippen molar-refractivity contribution in [3.63, 3.8) is 0 Å². The number of halogens is 2. The van der Waals surface area contributed by atoms with Crippen LogP contribution in [0.4, 0.5) is 4.39 Å². The molecule has 21 heavy (non-hydrogen) atoms. The Hall–Kier alpha value is -1.82. The summed E-state index contributed by atoms with van der Waals surface area (Å²) in [6.45, 7) is 0. The van der Waals surface area contributed by atoms with Crippen molar-refractivity contribution in [2.45, 2.75) is 6.04 Å². The lowest BCUT2D eigenvalue weighted by Gasteiger charge is -2.21. The van der Waals surface area contributed by atoms with E-state index in [0.29, 0.717) is 22.6 Å². The van der Waals surface area contributed by atoms with Crippen LogP contribution in [0.15, 0.2) is 36.4 Å². The number of rotatable bonds is 5. The largest absolute Gasteiger partial charge is 0.497 e. The maximum absolute atomic E-state index is 14.2. The molecular formula is C15H16ClFN2O2. The van der Waals surface area contributed by atoms with Gasteiger partial charge in [0.15, 0.2) is 0 Å². The molecule has 0 spiro atoms. The normalized spacial score (nSPS) is 12.0. The molecule has 3 N–H and O–H groups in total. The number of nitrogens with one attached hydrogen (secondary N) is 1. The highest BCUT2D eigenvalue weighted by Crippen LogP contribution is 2.34. The van der Waals surface area contributed by atoms with Gasteiger partial charge in [-0.1, -0.05) is 23.7 Å². The second-order valence-electron chi connectivity index (χ2n) is 4.35. The highest BCUT2D eigenvalue weighted by Gasteiger charge is 2.22. The van der Waals surface area contributed by atoms with Crippen LogP contribution in [-0.4, -0.2) is 14.2 Å². The molecule has 2 rings (SSSR count). The fraction of sp³-hybridized carbons (Fsp3) is 0.200. The van der Waals surface area contributed by atoms with Crippen molar-refractivity contribution in [3.8, 4) is 11.5 Å². The average molecular weight is 311 g/mol. The molecule has 4 nitrogen and oxygen atoms in total. The molecule has 1 atom stereocenters. The Morgan fingerprint density at radius 2 is 1.90 bits per heavy atom. The molecule has 0 aliphatic carbocycles. The summed E-state index contributed by atoms with van der Waals surface area (Å²) in [4.78, 5) is 0. The maximum Gasteiger partial charge on any atom is 0.146 e. The predicted octanol–water partition coefficient (Wildman–Crippen LogP) is 3.05. The van der Waals surface area contributed by atoms with Crippen LogP contribution in [-0.2, 0) is 0 Å². The molecule has 0 radical (unpaired) electrons. The fourth-order valence-corrected chi connectivity index (χ4v) is 2.34. The van der Waals surface area contributed by atoms with Crippen molar-refractivity contribution in [3.05, 3.63) is 58.4 Å². The van der Waals surface area contributed by atoms with Crippen LogP contribution in [0.5, 0.6) is 11.5 Å². The third-order valence-corrected chi connectivity index (χ3v) is 3.50. The van der Waals surface area contributed by atoms with E-state index in [1.165, 1.54) is 13.2 Å². The standard InChI is InChI=1S/C15H16ClFN2O2/c1-20-9-6-7-13(21-2)11(8-9)15(19-18)10-4-3-5-12(16)14(10)17/h3-8,15,19H,18H2,1-2H3. The maximum atomic E-state index is 14.2. The van der Waals surface area contributed by atoms with Crippen molar-refractivity contribution in [2.24, 2.45) is 5.84 Å². The first kappa shape index (κ1) is 15.6. The van der Waals surface area contributed by atoms with Crippen molar-refractivity contribution < 1.29 is 13.9 Å². The Bertz CT molecular complexity index is 637. The van der Waals surface area contributed by atoms with Crippen molar-refractivity contribution in [1.82, 2.24) is 5.43 Å². The Balaban J connectivity index is 2.57. The zero-order chi connectivity index (χ0) is 15.4. The van der Waals surface area contributed by atoms with E-state index in [9.17, 15) is 4.39 Å². The van der Waals surface area contributed by atoms with E-state index in [2.05, 4.69) is 5.43 Å². The highest BCUT2D eigenvalue weighted by molar-refractivity contribution is 6.30. The number of benzene rings is 2. The molecule has 0 aliphatic heterocycles. The van der Waals surface area contributed by atoms with Gasteiger partial charge in [0.1, 0.15) is 17.3 Å². The summed E-state index contributed by atoms with van der Waals surface area (Å²) in [6.07, 6.45) is 0. The molecule has 1 unspecified atom stereocenters. The Morgan fingerprint density at radius 3 is 2.52 bits per heavy atom. The first-order chi connectivity index (χ1) is 10.1. The summed E-state index contributed by atoms with van der Waals surface area (Å²) >= 11 is 5.84. The van der Waals surface area contributed by atoms with E-state index in [-0.39, 0.29) is 5.02 Å². The summed E-state index contributed by atoms with van der Waals surface area (Å²) in [7, 11) is 3.09. The molecular weight excluding hydrogens is 295 g/mol. The van der Waals surface area contributed by atoms with E-state index < -0.39 is 11.9 Å². The van der Waals surface area contributed by atoms with Gasteiger partial charge in [-0.2, -0.15) is 0 Å². The Morgan fingerprint density at radius 1 is 1.14 bits per heavy atom. The van der Waals surface area contributed by atoms with Crippen LogP contribution >= 0.6 is 11.6 Å². The van der Waals surface area contributed by atoms with Gasteiger partial charge < -0.3 is 9.47 Å². The third kappa shape index (κ3) is 3.10. The monoisotopic (exact) mass is 310 g/mol. The highest BCUT2D eigenvalue weighted by atomic mass is 35.5. The van der Waals surface area contributed by atoms with Gasteiger partial charge in [0, 0.05) is 11.1 Å². The van der Waals surface area contributed by atoms with Gasteiger partial charge in [-0.15, -0.1) is 0 Å². The second-order valence-corrected chi connectivity index (χ2v) is 4.76. The van der Waals surface area contributed by atoms with Crippen LogP contribution in [0, 0.1) is 5.82 Å². The summed E-state index contributed by atoms with van der Waals surface area (Å²) < 4.78 is 24.8. The lowest BCUT2D eigenvalue weighted by atomic mass is 9.97. The summed E-state index contributed by atoms with van der Waals surface area (Å²) in [5.41, 5.74) is 3.58. The third-order valence-electron chi connectivity index (χ3n) is 3.21. The predicted molar refractivity (Wildman–Crippen MR) is 80.1 cm³/mol. The number of hydrazine groups is 1. The van der Waals surface area contributed by atoms with Gasteiger partial charge in [0.2, 0.25) is 0 Å². The molecule has 6 heteroatoms. The van der Waals surface area contributed by atoms with E-state index >= 15 is 0 Å². The van der Waals surface area contributed by atoms with Gasteiger partial charge in [-0.25, -0.2) is 9.82 Å². The van der Waals surface area contributed by atoms with E-state index in [4.69, 9.17) is 26.9 Å². The lowest BCUT2D eigenvalue weighted by molar-refractivity contribution is 0.393. The average Bonchev–Trinajstić information content (AvgIpc) is 2.52. The van der Waals surface area contributed by atoms with Crippen LogP contribution < -0.4 is 20.7 Å². The molecule has 0 aliphatic rings. The first-order valence-corrected chi connectivity index (χ1v) is 6.62. The number of methoxy groups -OCH3 is 2. The number of hydrogen-bond acceptors (Lipinski definition) is 4. The number of hydrogen-bond donors (Lipinski definition) is 2. The van der Waals surface area contributed by atoms with Crippen molar-refractivity contribution >= 4 is 11.6 Å². The molecule has 2 aromatic carbocycles. The zero-order valence-electron chi connectivity index (χ0n) is 11.7. The van der Waals surface area contributed by atoms with Crippen molar-refractivity contribution in [1.29, 1.82) is 0 Å². The molecule has 0 saturated heterocycles. The topological polar surface area (TPSA) is 56.5 Å². The minimum absolute atomic E-state index is 0.0367. The molecule has 0 amide bonds. The van der Waals surface area contributed by atoms with Gasteiger partial charge in [-0.3, -0.25) is 5.84 Å². The molecule has 0 bridgehead atoms. The number of ether oxygens (including phenoxy) is 2. The summed E-state index contributed by atoms with van der Waals surface area (Å²) in [5.74, 6) is 6.28. The summed E-state index contributed by atoms with van der Waals surface area (Å²) in [6, 6.07) is 9.38. The smallest absolute Gasteiger partial charge is 0.146 e. The fourth-order valence-electron chi connectivity index (χ4n) is 2.16. The molecule has 0 aromatic heterocycles. The van der Waals surface area contributed by atoms with Gasteiger partial charge >= 0.3 is 0 Å². The molecule has 0 fully saturated rings. The second kappa shape index (κ2) is 6.76. The van der Waals surface area contributed by atoms with E-state index in [1.807, 2.05) is 0 Å². The van der Waals surface area contributed by atoms with Crippen LogP contribution in [0.3, 0.4) is 0 Å². The van der Waals surface area contributed by atoms with Gasteiger partial charge in [-0.05, 0) is 24.3 Å². The lowest BCUT2D eigenvalue weighted by Crippen LogP contribution is -2.30. The first-order valence-electron chi connectivity index (χ1n) is 6.24. The minimum Gasteiger partial charge on any atom is -0.497 e.